The molecule has 8 rings (SSSR count). The van der Waals surface area contributed by atoms with E-state index >= 15 is 0 Å². The summed E-state index contributed by atoms with van der Waals surface area (Å²) in [4.78, 5) is 44.7. The van der Waals surface area contributed by atoms with E-state index in [0.29, 0.717) is 39.7 Å². The number of aromatic nitrogens is 2. The van der Waals surface area contributed by atoms with E-state index in [-0.39, 0.29) is 23.4 Å². The highest BCUT2D eigenvalue weighted by atomic mass is 32.7. The predicted octanol–water partition coefficient (Wildman–Crippen LogP) is 9.76. The summed E-state index contributed by atoms with van der Waals surface area (Å²) in [5.41, 5.74) is 2.37. The van der Waals surface area contributed by atoms with Gasteiger partial charge >= 0.3 is 5.69 Å². The van der Waals surface area contributed by atoms with Gasteiger partial charge < -0.3 is 33.5 Å². The van der Waals surface area contributed by atoms with E-state index in [4.69, 9.17) is 28.2 Å². The van der Waals surface area contributed by atoms with Crippen LogP contribution in [-0.2, 0) is 24.3 Å². The number of hydrogen-bond acceptors (Lipinski definition) is 13. The van der Waals surface area contributed by atoms with Crippen molar-refractivity contribution in [3.05, 3.63) is 190 Å². The fraction of sp³-hybridized carbons (Fsp3) is 0.308. The highest BCUT2D eigenvalue weighted by Gasteiger charge is 2.51. The molecule has 5 aromatic carbocycles. The summed E-state index contributed by atoms with van der Waals surface area (Å²) in [6.45, 7) is 3.48. The van der Waals surface area contributed by atoms with Crippen molar-refractivity contribution in [2.24, 2.45) is 0 Å². The van der Waals surface area contributed by atoms with Gasteiger partial charge in [-0.1, -0.05) is 126 Å². The van der Waals surface area contributed by atoms with Crippen LogP contribution in [0.25, 0.3) is 0 Å². The summed E-state index contributed by atoms with van der Waals surface area (Å²) < 4.78 is 43.0. The molecule has 2 fully saturated rings. The second-order valence-electron chi connectivity index (χ2n) is 16.2. The molecule has 16 heteroatoms. The minimum atomic E-state index is -1.31. The van der Waals surface area contributed by atoms with E-state index in [2.05, 4.69) is 15.0 Å². The molecule has 1 unspecified atom stereocenters. The normalized spacial score (nSPS) is 18.8. The van der Waals surface area contributed by atoms with Gasteiger partial charge in [0.2, 0.25) is 5.12 Å². The first kappa shape index (κ1) is 49.1. The molecule has 2 aliphatic rings. The number of methoxy groups -OCH3 is 3. The zero-order valence-corrected chi connectivity index (χ0v) is 40.9. The molecule has 354 valence electrons. The Balaban J connectivity index is 1.15. The minimum absolute atomic E-state index is 0.00434. The molecule has 0 aliphatic carbocycles. The molecule has 0 spiro atoms. The predicted molar refractivity (Wildman–Crippen MR) is 269 cm³/mol. The van der Waals surface area contributed by atoms with Crippen LogP contribution < -0.4 is 20.5 Å². The number of carbonyl (C=O) groups is 2. The number of amides is 1. The molecule has 5 atom stereocenters. The highest BCUT2D eigenvalue weighted by molar-refractivity contribution is 8.53. The summed E-state index contributed by atoms with van der Waals surface area (Å²) in [6, 6.07) is 43.7. The van der Waals surface area contributed by atoms with Crippen molar-refractivity contribution in [3.63, 3.8) is 0 Å². The number of aryl methyl sites for hydroxylation is 1. The fourth-order valence-corrected chi connectivity index (χ4v) is 13.7. The zero-order chi connectivity index (χ0) is 47.5. The second-order valence-corrected chi connectivity index (χ2v) is 20.9. The van der Waals surface area contributed by atoms with Gasteiger partial charge in [0.1, 0.15) is 41.2 Å². The van der Waals surface area contributed by atoms with Crippen molar-refractivity contribution in [2.75, 3.05) is 57.8 Å². The molecule has 1 amide bonds. The van der Waals surface area contributed by atoms with Crippen LogP contribution in [0.15, 0.2) is 151 Å². The maximum Gasteiger partial charge on any atom is 0.351 e. The van der Waals surface area contributed by atoms with E-state index in [0.717, 1.165) is 42.6 Å². The van der Waals surface area contributed by atoms with Gasteiger partial charge in [0.05, 0.1) is 20.8 Å². The number of nitrogens with one attached hydrogen (secondary N) is 1. The Morgan fingerprint density at radius 1 is 0.750 bits per heavy atom. The maximum absolute atomic E-state index is 14.1. The topological polar surface area (TPSA) is 140 Å². The fourth-order valence-electron chi connectivity index (χ4n) is 8.42. The molecule has 0 radical (unpaired) electrons. The van der Waals surface area contributed by atoms with Crippen molar-refractivity contribution in [1.29, 1.82) is 0 Å². The van der Waals surface area contributed by atoms with Gasteiger partial charge in [-0.15, -0.1) is 0 Å². The Morgan fingerprint density at radius 3 is 1.88 bits per heavy atom. The number of carbonyl (C=O) groups excluding carboxylic acids is 2. The van der Waals surface area contributed by atoms with Crippen LogP contribution in [-0.4, -0.2) is 96.1 Å². The molecule has 3 heterocycles. The van der Waals surface area contributed by atoms with E-state index < -0.39 is 43.3 Å². The van der Waals surface area contributed by atoms with Crippen LogP contribution in [0.3, 0.4) is 0 Å². The van der Waals surface area contributed by atoms with Crippen molar-refractivity contribution in [3.8, 4) is 11.5 Å². The van der Waals surface area contributed by atoms with Gasteiger partial charge in [-0.05, 0) is 72.9 Å². The Labute approximate surface area is 406 Å². The lowest BCUT2D eigenvalue weighted by Gasteiger charge is -2.38. The number of thioether (sulfide) groups is 1. The number of benzene rings is 5. The third-order valence-electron chi connectivity index (χ3n) is 11.9. The molecule has 6 aromatic rings. The van der Waals surface area contributed by atoms with Crippen molar-refractivity contribution in [2.45, 2.75) is 49.9 Å². The van der Waals surface area contributed by atoms with Crippen LogP contribution in [0.1, 0.15) is 62.0 Å². The van der Waals surface area contributed by atoms with Crippen LogP contribution in [0.2, 0.25) is 0 Å². The van der Waals surface area contributed by atoms with E-state index in [1.54, 1.807) is 70.1 Å². The number of ether oxygens (including phenoxy) is 5. The Bertz CT molecular complexity index is 2600. The average Bonchev–Trinajstić information content (AvgIpc) is 4.05. The smallest absolute Gasteiger partial charge is 0.351 e. The van der Waals surface area contributed by atoms with Crippen molar-refractivity contribution >= 4 is 47.5 Å². The molecule has 1 aromatic heterocycles. The van der Waals surface area contributed by atoms with Crippen LogP contribution in [0.4, 0.5) is 5.82 Å². The average molecular weight is 975 g/mol. The molecule has 2 saturated heterocycles. The van der Waals surface area contributed by atoms with Crippen LogP contribution >= 0.6 is 30.6 Å². The SMILES string of the molecule is COc1ccc(C(OC[C@H]2O[C@@H](n3cc(C)c(NC(=O)c4ccccc4)nc3=O)[C@H](OC)[C@@H]2OP(SCCSC(=O)c2ccccc2)N2CCCC2)(c2ccccc2)c2ccc(OC)cc2)cc1. The first-order valence-corrected chi connectivity index (χ1v) is 26.2. The number of rotatable bonds is 20. The van der Waals surface area contributed by atoms with Gasteiger partial charge in [-0.2, -0.15) is 4.98 Å². The van der Waals surface area contributed by atoms with E-state index in [1.807, 2.05) is 115 Å². The van der Waals surface area contributed by atoms with Crippen LogP contribution in [0.5, 0.6) is 11.5 Å². The van der Waals surface area contributed by atoms with Crippen molar-refractivity contribution in [1.82, 2.24) is 14.2 Å². The molecule has 2 aliphatic heterocycles. The molecule has 13 nitrogen and oxygen atoms in total. The molecular weight excluding hydrogens is 920 g/mol. The largest absolute Gasteiger partial charge is 0.497 e. The quantitative estimate of drug-likeness (QED) is 0.0442. The van der Waals surface area contributed by atoms with Gasteiger partial charge in [0, 0.05) is 54.6 Å². The Kier molecular flexibility index (Phi) is 16.8. The number of anilines is 1. The standard InChI is InChI=1S/C52H55N4O9PS2/c1-36-34-56(51(59)54-47(36)53-48(57)37-16-8-5-9-17-37)49-46(62-4)45(65-66(55-30-14-15-31-55)68-33-32-67-50(58)38-18-10-6-11-19-38)44(64-49)35-63-52(39-20-12-7-13-21-39,40-22-26-42(60-2)27-23-40)41-24-28-43(61-3)29-25-41/h5-13,16-29,34,44-46,49H,14-15,30-33,35H2,1-4H3,(H,53,54,57,59)/t44-,45-,46-,49-,66?/m1/s1. The summed E-state index contributed by atoms with van der Waals surface area (Å²) in [6.07, 6.45) is 0.375. The minimum Gasteiger partial charge on any atom is -0.497 e. The van der Waals surface area contributed by atoms with E-state index in [9.17, 15) is 14.4 Å². The van der Waals surface area contributed by atoms with Gasteiger partial charge in [-0.25, -0.2) is 4.79 Å². The summed E-state index contributed by atoms with van der Waals surface area (Å²) >= 11 is 2.98. The Morgan fingerprint density at radius 2 is 1.31 bits per heavy atom. The van der Waals surface area contributed by atoms with Gasteiger partial charge in [-0.3, -0.25) is 18.8 Å². The third-order valence-corrected chi connectivity index (χ3v) is 17.1. The Hall–Kier alpha value is -5.35. The van der Waals surface area contributed by atoms with Gasteiger partial charge in [0.25, 0.3) is 5.91 Å². The summed E-state index contributed by atoms with van der Waals surface area (Å²) in [5.74, 6) is 2.39. The first-order chi connectivity index (χ1) is 33.2. The lowest BCUT2D eigenvalue weighted by atomic mass is 9.80. The van der Waals surface area contributed by atoms with Crippen molar-refractivity contribution < 1.29 is 37.8 Å². The van der Waals surface area contributed by atoms with E-state index in [1.165, 1.54) is 16.3 Å². The molecule has 0 saturated carbocycles. The molecule has 0 bridgehead atoms. The monoisotopic (exact) mass is 974 g/mol. The zero-order valence-electron chi connectivity index (χ0n) is 38.4. The third kappa shape index (κ3) is 11.2. The molecule has 68 heavy (non-hydrogen) atoms. The lowest BCUT2D eigenvalue weighted by Crippen LogP contribution is -2.41. The number of nitrogens with zero attached hydrogens (tertiary/aromatic N) is 3. The maximum atomic E-state index is 14.1. The lowest BCUT2D eigenvalue weighted by molar-refractivity contribution is -0.0950. The number of hydrogen-bond donors (Lipinski definition) is 1. The first-order valence-electron chi connectivity index (χ1n) is 22.4. The highest BCUT2D eigenvalue weighted by Crippen LogP contribution is 2.58. The van der Waals surface area contributed by atoms with Crippen LogP contribution in [0, 0.1) is 6.92 Å². The summed E-state index contributed by atoms with van der Waals surface area (Å²) in [5, 5.41) is 2.82. The summed E-state index contributed by atoms with van der Waals surface area (Å²) in [7, 11) is 3.54. The van der Waals surface area contributed by atoms with Gasteiger partial charge in [0.15, 0.2) is 13.7 Å². The molecular formula is C52H55N4O9PS2. The molecule has 1 N–H and O–H groups in total. The second kappa shape index (κ2) is 23.3.